The molecule has 1 unspecified atom stereocenters. The summed E-state index contributed by atoms with van der Waals surface area (Å²) in [5.74, 6) is 2.17. The van der Waals surface area contributed by atoms with E-state index in [4.69, 9.17) is 4.74 Å². The van der Waals surface area contributed by atoms with Gasteiger partial charge in [0.05, 0.1) is 6.61 Å². The molecule has 0 aromatic heterocycles. The lowest BCUT2D eigenvalue weighted by atomic mass is 9.82. The molecule has 2 fully saturated rings. The molecule has 16 heavy (non-hydrogen) atoms. The number of ether oxygens (including phenoxy) is 1. The molecule has 1 aliphatic heterocycles. The topological polar surface area (TPSA) is 29.5 Å². The van der Waals surface area contributed by atoms with Crippen LogP contribution in [0.3, 0.4) is 0 Å². The molecule has 0 spiro atoms. The highest BCUT2D eigenvalue weighted by atomic mass is 16.5. The van der Waals surface area contributed by atoms with Gasteiger partial charge in [0.1, 0.15) is 11.5 Å². The second kappa shape index (κ2) is 2.82. The lowest BCUT2D eigenvalue weighted by molar-refractivity contribution is 0.116. The van der Waals surface area contributed by atoms with Crippen molar-refractivity contribution in [1.29, 1.82) is 0 Å². The van der Waals surface area contributed by atoms with Crippen molar-refractivity contribution in [3.63, 3.8) is 0 Å². The Balaban J connectivity index is 1.94. The first kappa shape index (κ1) is 8.68. The number of hydrogen-bond acceptors (Lipinski definition) is 2. The molecule has 2 heteroatoms. The Labute approximate surface area is 94.6 Å². The number of allylic oxidation sites excluding steroid dienone is 8. The van der Waals surface area contributed by atoms with Gasteiger partial charge in [-0.25, -0.2) is 0 Å². The SMILES string of the molecule is OC1=C2C3=CC=C(C3)C2=C2OCCCC2C1. The van der Waals surface area contributed by atoms with Crippen LogP contribution in [0.2, 0.25) is 0 Å². The van der Waals surface area contributed by atoms with Gasteiger partial charge in [-0.1, -0.05) is 12.2 Å². The zero-order valence-electron chi connectivity index (χ0n) is 9.12. The van der Waals surface area contributed by atoms with E-state index in [-0.39, 0.29) is 0 Å². The zero-order valence-corrected chi connectivity index (χ0v) is 9.12. The van der Waals surface area contributed by atoms with Crippen molar-refractivity contribution in [3.05, 3.63) is 46.0 Å². The van der Waals surface area contributed by atoms with Crippen molar-refractivity contribution in [2.45, 2.75) is 25.7 Å². The molecule has 4 rings (SSSR count). The molecule has 1 saturated heterocycles. The van der Waals surface area contributed by atoms with Crippen molar-refractivity contribution in [2.75, 3.05) is 6.61 Å². The third-order valence-corrected chi connectivity index (χ3v) is 4.06. The third kappa shape index (κ3) is 0.927. The Morgan fingerprint density at radius 2 is 2.00 bits per heavy atom. The Morgan fingerprint density at radius 1 is 1.19 bits per heavy atom. The zero-order chi connectivity index (χ0) is 10.7. The van der Waals surface area contributed by atoms with E-state index >= 15 is 0 Å². The van der Waals surface area contributed by atoms with Gasteiger partial charge in [0.15, 0.2) is 0 Å². The number of aliphatic hydroxyl groups is 1. The molecule has 0 amide bonds. The van der Waals surface area contributed by atoms with Gasteiger partial charge in [-0.3, -0.25) is 0 Å². The first-order valence-electron chi connectivity index (χ1n) is 6.04. The van der Waals surface area contributed by atoms with Gasteiger partial charge in [-0.05, 0) is 30.4 Å². The average molecular weight is 214 g/mol. The summed E-state index contributed by atoms with van der Waals surface area (Å²) in [4.78, 5) is 0. The predicted molar refractivity (Wildman–Crippen MR) is 60.8 cm³/mol. The summed E-state index contributed by atoms with van der Waals surface area (Å²) in [5.41, 5.74) is 4.94. The van der Waals surface area contributed by atoms with Crippen molar-refractivity contribution in [1.82, 2.24) is 0 Å². The van der Waals surface area contributed by atoms with Crippen LogP contribution in [0.1, 0.15) is 25.7 Å². The highest BCUT2D eigenvalue weighted by Crippen LogP contribution is 2.52. The molecule has 3 aliphatic carbocycles. The van der Waals surface area contributed by atoms with E-state index in [0.29, 0.717) is 11.7 Å². The molecular formula is C14H14O2. The second-order valence-electron chi connectivity index (χ2n) is 5.01. The van der Waals surface area contributed by atoms with Crippen LogP contribution in [0.15, 0.2) is 46.0 Å². The fourth-order valence-corrected chi connectivity index (χ4v) is 3.37. The van der Waals surface area contributed by atoms with Crippen LogP contribution in [0, 0.1) is 5.92 Å². The van der Waals surface area contributed by atoms with Crippen molar-refractivity contribution < 1.29 is 9.84 Å². The Morgan fingerprint density at radius 3 is 2.88 bits per heavy atom. The number of hydrogen-bond donors (Lipinski definition) is 1. The van der Waals surface area contributed by atoms with E-state index in [1.807, 2.05) is 0 Å². The normalized spacial score (nSPS) is 30.9. The summed E-state index contributed by atoms with van der Waals surface area (Å²) in [7, 11) is 0. The fourth-order valence-electron chi connectivity index (χ4n) is 3.37. The molecule has 0 aromatic rings. The Bertz CT molecular complexity index is 503. The molecule has 2 nitrogen and oxygen atoms in total. The summed E-state index contributed by atoms with van der Waals surface area (Å²) < 4.78 is 5.86. The molecule has 1 saturated carbocycles. The van der Waals surface area contributed by atoms with Gasteiger partial charge in [0, 0.05) is 23.5 Å². The minimum Gasteiger partial charge on any atom is -0.512 e. The van der Waals surface area contributed by atoms with E-state index in [1.54, 1.807) is 0 Å². The largest absolute Gasteiger partial charge is 0.512 e. The molecule has 0 radical (unpaired) electrons. The summed E-state index contributed by atoms with van der Waals surface area (Å²) in [6, 6.07) is 0. The summed E-state index contributed by atoms with van der Waals surface area (Å²) >= 11 is 0. The van der Waals surface area contributed by atoms with Gasteiger partial charge in [0.25, 0.3) is 0 Å². The summed E-state index contributed by atoms with van der Waals surface area (Å²) in [6.07, 6.45) is 8.35. The van der Waals surface area contributed by atoms with Crippen molar-refractivity contribution in [3.8, 4) is 0 Å². The van der Waals surface area contributed by atoms with E-state index < -0.39 is 0 Å². The van der Waals surface area contributed by atoms with Gasteiger partial charge in [-0.2, -0.15) is 0 Å². The van der Waals surface area contributed by atoms with E-state index in [0.717, 1.165) is 43.6 Å². The minimum absolute atomic E-state index is 0.424. The maximum atomic E-state index is 10.2. The lowest BCUT2D eigenvalue weighted by Crippen LogP contribution is -2.22. The van der Waals surface area contributed by atoms with Gasteiger partial charge < -0.3 is 9.84 Å². The van der Waals surface area contributed by atoms with Crippen molar-refractivity contribution >= 4 is 0 Å². The lowest BCUT2D eigenvalue weighted by Gasteiger charge is -2.32. The quantitative estimate of drug-likeness (QED) is 0.671. The summed E-state index contributed by atoms with van der Waals surface area (Å²) in [6.45, 7) is 0.843. The maximum absolute atomic E-state index is 10.2. The van der Waals surface area contributed by atoms with Crippen LogP contribution in [-0.2, 0) is 4.74 Å². The van der Waals surface area contributed by atoms with Crippen LogP contribution in [0.25, 0.3) is 0 Å². The molecule has 1 heterocycles. The fraction of sp³-hybridized carbons (Fsp3) is 0.429. The molecule has 82 valence electrons. The van der Waals surface area contributed by atoms with Crippen LogP contribution < -0.4 is 0 Å². The Kier molecular flexibility index (Phi) is 1.53. The van der Waals surface area contributed by atoms with Crippen LogP contribution >= 0.6 is 0 Å². The van der Waals surface area contributed by atoms with Gasteiger partial charge in [0.2, 0.25) is 0 Å². The first-order chi connectivity index (χ1) is 7.84. The van der Waals surface area contributed by atoms with E-state index in [1.165, 1.54) is 16.7 Å². The number of aliphatic hydroxyl groups excluding tert-OH is 1. The molecule has 1 atom stereocenters. The smallest absolute Gasteiger partial charge is 0.108 e. The molecular weight excluding hydrogens is 200 g/mol. The monoisotopic (exact) mass is 214 g/mol. The second-order valence-corrected chi connectivity index (χ2v) is 5.01. The number of rotatable bonds is 0. The third-order valence-electron chi connectivity index (χ3n) is 4.06. The molecule has 1 N–H and O–H groups in total. The maximum Gasteiger partial charge on any atom is 0.108 e. The van der Waals surface area contributed by atoms with E-state index in [2.05, 4.69) is 12.2 Å². The number of fused-ring (bicyclic) bond motifs is 6. The Hall–Kier alpha value is -1.44. The molecule has 0 aromatic carbocycles. The standard InChI is InChI=1S/C14H14O2/c15-11-7-10-2-1-5-16-14(10)13-9-4-3-8(6-9)12(11)13/h3-4,10,15H,1-2,5-7H2. The van der Waals surface area contributed by atoms with Crippen LogP contribution in [-0.4, -0.2) is 11.7 Å². The van der Waals surface area contributed by atoms with E-state index in [9.17, 15) is 5.11 Å². The van der Waals surface area contributed by atoms with Crippen molar-refractivity contribution in [2.24, 2.45) is 5.92 Å². The molecule has 4 aliphatic rings. The van der Waals surface area contributed by atoms with Gasteiger partial charge >= 0.3 is 0 Å². The highest BCUT2D eigenvalue weighted by molar-refractivity contribution is 5.72. The molecule has 2 bridgehead atoms. The van der Waals surface area contributed by atoms with Crippen LogP contribution in [0.5, 0.6) is 0 Å². The summed E-state index contributed by atoms with van der Waals surface area (Å²) in [5, 5.41) is 10.2. The van der Waals surface area contributed by atoms with Crippen LogP contribution in [0.4, 0.5) is 0 Å². The average Bonchev–Trinajstić information content (AvgIpc) is 2.90. The minimum atomic E-state index is 0.424. The first-order valence-corrected chi connectivity index (χ1v) is 6.04. The highest BCUT2D eigenvalue weighted by Gasteiger charge is 2.40. The predicted octanol–water partition coefficient (Wildman–Crippen LogP) is 3.15. The van der Waals surface area contributed by atoms with Gasteiger partial charge in [-0.15, -0.1) is 0 Å².